The highest BCUT2D eigenvalue weighted by Crippen LogP contribution is 2.28. The van der Waals surface area contributed by atoms with E-state index >= 15 is 0 Å². The minimum Gasteiger partial charge on any atom is -0.490 e. The number of nitrogens with zero attached hydrogens (tertiary/aromatic N) is 1. The van der Waals surface area contributed by atoms with Crippen LogP contribution in [0.1, 0.15) is 0 Å². The Labute approximate surface area is 90.9 Å². The lowest BCUT2D eigenvalue weighted by Crippen LogP contribution is -2.07. The highest BCUT2D eigenvalue weighted by Gasteiger charge is 2.14. The van der Waals surface area contributed by atoms with E-state index in [9.17, 15) is 10.1 Å². The summed E-state index contributed by atoms with van der Waals surface area (Å²) in [4.78, 5) is 9.98. The number of nitrogens with one attached hydrogen (secondary N) is 1. The first-order valence-electron chi connectivity index (χ1n) is 3.48. The van der Waals surface area contributed by atoms with E-state index in [0.717, 1.165) is 0 Å². The molecule has 0 saturated heterocycles. The van der Waals surface area contributed by atoms with Gasteiger partial charge < -0.3 is 10.2 Å². The molecule has 0 saturated carbocycles. The number of hydrazine groups is 1. The Kier molecular flexibility index (Phi) is 4.89. The van der Waals surface area contributed by atoms with Crippen LogP contribution in [0, 0.1) is 10.1 Å². The van der Waals surface area contributed by atoms with E-state index in [1.165, 1.54) is 19.2 Å². The first-order valence-corrected chi connectivity index (χ1v) is 3.48. The third-order valence-corrected chi connectivity index (χ3v) is 1.54. The molecule has 7 heteroatoms. The summed E-state index contributed by atoms with van der Waals surface area (Å²) in [5.41, 5.74) is 2.67. The second kappa shape index (κ2) is 5.40. The number of halogens is 1. The van der Waals surface area contributed by atoms with E-state index < -0.39 is 4.92 Å². The SMILES string of the molecule is Br.COc1ccc(NN)cc1[N+](=O)[O-]. The topological polar surface area (TPSA) is 90.4 Å². The van der Waals surface area contributed by atoms with Gasteiger partial charge in [0.15, 0.2) is 5.75 Å². The van der Waals surface area contributed by atoms with Gasteiger partial charge in [0.05, 0.1) is 17.7 Å². The number of nitrogens with two attached hydrogens (primary N) is 1. The van der Waals surface area contributed by atoms with E-state index in [4.69, 9.17) is 10.6 Å². The molecule has 3 N–H and O–H groups in total. The van der Waals surface area contributed by atoms with Gasteiger partial charge >= 0.3 is 5.69 Å². The Bertz CT molecular complexity index is 332. The molecular weight excluding hydrogens is 254 g/mol. The number of methoxy groups -OCH3 is 1. The summed E-state index contributed by atoms with van der Waals surface area (Å²) in [6, 6.07) is 4.37. The number of rotatable bonds is 3. The second-order valence-electron chi connectivity index (χ2n) is 2.29. The van der Waals surface area contributed by atoms with Crippen molar-refractivity contribution in [3.63, 3.8) is 0 Å². The quantitative estimate of drug-likeness (QED) is 0.490. The Hall–Kier alpha value is -1.34. The molecule has 1 rings (SSSR count). The molecule has 14 heavy (non-hydrogen) atoms. The maximum absolute atomic E-state index is 10.5. The van der Waals surface area contributed by atoms with Crippen LogP contribution in [0.5, 0.6) is 5.75 Å². The van der Waals surface area contributed by atoms with Gasteiger partial charge in [0.1, 0.15) is 0 Å². The maximum Gasteiger partial charge on any atom is 0.313 e. The molecule has 0 amide bonds. The third kappa shape index (κ3) is 2.57. The maximum atomic E-state index is 10.5. The van der Waals surface area contributed by atoms with Gasteiger partial charge in [-0.3, -0.25) is 16.0 Å². The molecule has 78 valence electrons. The molecule has 0 fully saturated rings. The number of ether oxygens (including phenoxy) is 1. The van der Waals surface area contributed by atoms with Crippen molar-refractivity contribution in [2.24, 2.45) is 5.84 Å². The minimum atomic E-state index is -0.528. The summed E-state index contributed by atoms with van der Waals surface area (Å²) in [7, 11) is 1.37. The average Bonchev–Trinajstić information content (AvgIpc) is 2.16. The van der Waals surface area contributed by atoms with Crippen LogP contribution in [0.25, 0.3) is 0 Å². The van der Waals surface area contributed by atoms with Gasteiger partial charge in [-0.2, -0.15) is 0 Å². The average molecular weight is 264 g/mol. The molecule has 0 bridgehead atoms. The molecule has 6 nitrogen and oxygen atoms in total. The summed E-state index contributed by atoms with van der Waals surface area (Å²) < 4.78 is 4.80. The second-order valence-corrected chi connectivity index (χ2v) is 2.29. The molecule has 0 radical (unpaired) electrons. The normalized spacial score (nSPS) is 8.71. The van der Waals surface area contributed by atoms with Crippen LogP contribution < -0.4 is 16.0 Å². The molecular formula is C7H10BrN3O3. The lowest BCUT2D eigenvalue weighted by atomic mass is 10.2. The molecule has 1 aromatic carbocycles. The highest BCUT2D eigenvalue weighted by atomic mass is 79.9. The van der Waals surface area contributed by atoms with Crippen molar-refractivity contribution < 1.29 is 9.66 Å². The van der Waals surface area contributed by atoms with E-state index in [0.29, 0.717) is 5.69 Å². The number of nitro benzene ring substituents is 1. The summed E-state index contributed by atoms with van der Waals surface area (Å²) >= 11 is 0. The fourth-order valence-electron chi connectivity index (χ4n) is 0.922. The number of hydrogen-bond acceptors (Lipinski definition) is 5. The smallest absolute Gasteiger partial charge is 0.313 e. The third-order valence-electron chi connectivity index (χ3n) is 1.54. The van der Waals surface area contributed by atoms with Crippen molar-refractivity contribution in [2.75, 3.05) is 12.5 Å². The molecule has 0 aliphatic heterocycles. The lowest BCUT2D eigenvalue weighted by Gasteiger charge is -2.03. The van der Waals surface area contributed by atoms with Gasteiger partial charge in [0.2, 0.25) is 0 Å². The molecule has 0 atom stereocenters. The molecule has 0 unspecified atom stereocenters. The van der Waals surface area contributed by atoms with Crippen molar-refractivity contribution in [1.29, 1.82) is 0 Å². The van der Waals surface area contributed by atoms with E-state index in [1.807, 2.05) is 0 Å². The van der Waals surface area contributed by atoms with Crippen molar-refractivity contribution in [3.8, 4) is 5.75 Å². The zero-order chi connectivity index (χ0) is 9.84. The first-order chi connectivity index (χ1) is 6.19. The monoisotopic (exact) mass is 263 g/mol. The van der Waals surface area contributed by atoms with Crippen molar-refractivity contribution in [3.05, 3.63) is 28.3 Å². The van der Waals surface area contributed by atoms with Gasteiger partial charge in [0.25, 0.3) is 0 Å². The highest BCUT2D eigenvalue weighted by molar-refractivity contribution is 8.93. The number of nitro groups is 1. The molecule has 0 heterocycles. The Morgan fingerprint density at radius 3 is 2.64 bits per heavy atom. The van der Waals surface area contributed by atoms with Crippen LogP contribution in [-0.2, 0) is 0 Å². The van der Waals surface area contributed by atoms with Crippen LogP contribution in [0.2, 0.25) is 0 Å². The molecule has 0 aliphatic rings. The lowest BCUT2D eigenvalue weighted by molar-refractivity contribution is -0.385. The standard InChI is InChI=1S/C7H9N3O3.BrH/c1-13-7-3-2-5(9-8)4-6(7)10(11)12;/h2-4,9H,8H2,1H3;1H. The summed E-state index contributed by atoms with van der Waals surface area (Å²) in [6.07, 6.45) is 0. The zero-order valence-electron chi connectivity index (χ0n) is 7.39. The van der Waals surface area contributed by atoms with E-state index in [-0.39, 0.29) is 28.4 Å². The van der Waals surface area contributed by atoms with Crippen molar-refractivity contribution in [2.45, 2.75) is 0 Å². The summed E-state index contributed by atoms with van der Waals surface area (Å²) in [5, 5.41) is 10.5. The number of nitrogen functional groups attached to an aromatic ring is 1. The van der Waals surface area contributed by atoms with Crippen LogP contribution in [0.3, 0.4) is 0 Å². The largest absolute Gasteiger partial charge is 0.490 e. The number of anilines is 1. The van der Waals surface area contributed by atoms with Crippen molar-refractivity contribution >= 4 is 28.4 Å². The van der Waals surface area contributed by atoms with Crippen LogP contribution >= 0.6 is 17.0 Å². The predicted molar refractivity (Wildman–Crippen MR) is 57.8 cm³/mol. The first kappa shape index (κ1) is 12.7. The molecule has 0 spiro atoms. The van der Waals surface area contributed by atoms with Gasteiger partial charge in [-0.05, 0) is 12.1 Å². The Morgan fingerprint density at radius 2 is 2.21 bits per heavy atom. The number of benzene rings is 1. The molecule has 1 aromatic rings. The molecule has 0 aliphatic carbocycles. The van der Waals surface area contributed by atoms with Crippen LogP contribution in [-0.4, -0.2) is 12.0 Å². The van der Waals surface area contributed by atoms with Crippen LogP contribution in [0.4, 0.5) is 11.4 Å². The molecule has 0 aromatic heterocycles. The Balaban J connectivity index is 0.00000169. The predicted octanol–water partition coefficient (Wildman–Crippen LogP) is 1.47. The van der Waals surface area contributed by atoms with Crippen molar-refractivity contribution in [1.82, 2.24) is 0 Å². The summed E-state index contributed by atoms with van der Waals surface area (Å²) in [5.74, 6) is 5.31. The summed E-state index contributed by atoms with van der Waals surface area (Å²) in [6.45, 7) is 0. The van der Waals surface area contributed by atoms with E-state index in [1.54, 1.807) is 6.07 Å². The van der Waals surface area contributed by atoms with Gasteiger partial charge in [-0.15, -0.1) is 17.0 Å². The van der Waals surface area contributed by atoms with Gasteiger partial charge in [0, 0.05) is 6.07 Å². The fourth-order valence-corrected chi connectivity index (χ4v) is 0.922. The zero-order valence-corrected chi connectivity index (χ0v) is 9.10. The number of hydrogen-bond donors (Lipinski definition) is 2. The Morgan fingerprint density at radius 1 is 1.57 bits per heavy atom. The van der Waals surface area contributed by atoms with E-state index in [2.05, 4.69) is 5.43 Å². The fraction of sp³-hybridized carbons (Fsp3) is 0.143. The van der Waals surface area contributed by atoms with Crippen LogP contribution in [0.15, 0.2) is 18.2 Å². The van der Waals surface area contributed by atoms with Gasteiger partial charge in [-0.1, -0.05) is 0 Å². The van der Waals surface area contributed by atoms with Gasteiger partial charge in [-0.25, -0.2) is 0 Å². The minimum absolute atomic E-state index is 0.